The molecule has 0 aromatic heterocycles. The van der Waals surface area contributed by atoms with E-state index in [0.717, 1.165) is 0 Å². The average molecular weight is 265 g/mol. The van der Waals surface area contributed by atoms with Gasteiger partial charge in [0.15, 0.2) is 0 Å². The number of hydrogen-bond donors (Lipinski definition) is 1. The summed E-state index contributed by atoms with van der Waals surface area (Å²) in [4.78, 5) is 0. The minimum Gasteiger partial charge on any atom is -0.379 e. The molecule has 1 nitrogen and oxygen atoms in total. The van der Waals surface area contributed by atoms with Crippen LogP contribution in [0.2, 0.25) is 0 Å². The van der Waals surface area contributed by atoms with Gasteiger partial charge in [0, 0.05) is 11.7 Å². The van der Waals surface area contributed by atoms with Crippen molar-refractivity contribution in [2.45, 2.75) is 46.1 Å². The third-order valence-electron chi connectivity index (χ3n) is 4.51. The van der Waals surface area contributed by atoms with Crippen LogP contribution in [0.15, 0.2) is 36.4 Å². The molecule has 1 atom stereocenters. The zero-order chi connectivity index (χ0) is 14.1. The largest absolute Gasteiger partial charge is 0.379 e. The van der Waals surface area contributed by atoms with Gasteiger partial charge in [0.05, 0.1) is 0 Å². The Bertz CT molecular complexity index is 628. The minimum absolute atomic E-state index is 0.350. The molecular formula is C19H23N. The lowest BCUT2D eigenvalue weighted by atomic mass is 10.0. The van der Waals surface area contributed by atoms with Crippen molar-refractivity contribution in [2.24, 2.45) is 0 Å². The molecule has 0 radical (unpaired) electrons. The molecule has 1 aliphatic carbocycles. The van der Waals surface area contributed by atoms with Crippen molar-refractivity contribution < 1.29 is 0 Å². The second kappa shape index (κ2) is 5.32. The van der Waals surface area contributed by atoms with E-state index in [0.29, 0.717) is 6.04 Å². The van der Waals surface area contributed by atoms with Crippen molar-refractivity contribution in [3.63, 3.8) is 0 Å². The van der Waals surface area contributed by atoms with Gasteiger partial charge in [0.2, 0.25) is 0 Å². The van der Waals surface area contributed by atoms with E-state index in [2.05, 4.69) is 62.5 Å². The van der Waals surface area contributed by atoms with E-state index < -0.39 is 0 Å². The molecule has 104 valence electrons. The second-order valence-electron chi connectivity index (χ2n) is 6.05. The van der Waals surface area contributed by atoms with Crippen molar-refractivity contribution in [1.29, 1.82) is 0 Å². The Morgan fingerprint density at radius 3 is 2.50 bits per heavy atom. The Morgan fingerprint density at radius 2 is 1.70 bits per heavy atom. The zero-order valence-electron chi connectivity index (χ0n) is 12.7. The van der Waals surface area contributed by atoms with Gasteiger partial charge in [-0.15, -0.1) is 0 Å². The number of aryl methyl sites for hydroxylation is 4. The quantitative estimate of drug-likeness (QED) is 0.826. The van der Waals surface area contributed by atoms with Gasteiger partial charge < -0.3 is 5.32 Å². The van der Waals surface area contributed by atoms with E-state index in [1.54, 1.807) is 11.1 Å². The highest BCUT2D eigenvalue weighted by Crippen LogP contribution is 2.27. The van der Waals surface area contributed by atoms with Crippen LogP contribution in [0.5, 0.6) is 0 Å². The molecule has 1 N–H and O–H groups in total. The summed E-state index contributed by atoms with van der Waals surface area (Å²) in [6.07, 6.45) is 3.83. The van der Waals surface area contributed by atoms with Crippen molar-refractivity contribution in [2.75, 3.05) is 5.32 Å². The fraction of sp³-hybridized carbons (Fsp3) is 0.368. The first-order chi connectivity index (χ1) is 9.63. The summed E-state index contributed by atoms with van der Waals surface area (Å²) in [5.41, 5.74) is 8.39. The Morgan fingerprint density at radius 1 is 0.900 bits per heavy atom. The summed E-state index contributed by atoms with van der Waals surface area (Å²) in [6, 6.07) is 13.9. The monoisotopic (exact) mass is 265 g/mol. The van der Waals surface area contributed by atoms with E-state index in [1.165, 1.54) is 41.6 Å². The fourth-order valence-corrected chi connectivity index (χ4v) is 3.03. The smallest absolute Gasteiger partial charge is 0.0485 e. The van der Waals surface area contributed by atoms with E-state index in [4.69, 9.17) is 0 Å². The number of fused-ring (bicyclic) bond motifs is 1. The van der Waals surface area contributed by atoms with Crippen LogP contribution in [0.25, 0.3) is 0 Å². The lowest BCUT2D eigenvalue weighted by Crippen LogP contribution is -2.07. The van der Waals surface area contributed by atoms with Gasteiger partial charge in [-0.3, -0.25) is 0 Å². The maximum Gasteiger partial charge on any atom is 0.0485 e. The summed E-state index contributed by atoms with van der Waals surface area (Å²) in [5, 5.41) is 3.62. The van der Waals surface area contributed by atoms with Crippen molar-refractivity contribution in [1.82, 2.24) is 0 Å². The molecular weight excluding hydrogens is 242 g/mol. The molecule has 0 heterocycles. The molecule has 0 saturated carbocycles. The highest BCUT2D eigenvalue weighted by atomic mass is 14.9. The first-order valence-corrected chi connectivity index (χ1v) is 7.59. The summed E-state index contributed by atoms with van der Waals surface area (Å²) >= 11 is 0. The molecule has 2 aromatic carbocycles. The van der Waals surface area contributed by atoms with Crippen molar-refractivity contribution in [3.05, 3.63) is 64.2 Å². The number of benzene rings is 2. The van der Waals surface area contributed by atoms with E-state index in [1.807, 2.05) is 0 Å². The Kier molecular flexibility index (Phi) is 3.52. The van der Waals surface area contributed by atoms with Crippen LogP contribution >= 0.6 is 0 Å². The van der Waals surface area contributed by atoms with Gasteiger partial charge in [0.1, 0.15) is 0 Å². The molecule has 0 spiro atoms. The molecule has 0 fully saturated rings. The average Bonchev–Trinajstić information content (AvgIpc) is 2.90. The molecule has 0 bridgehead atoms. The molecule has 1 heteroatoms. The van der Waals surface area contributed by atoms with E-state index in [9.17, 15) is 0 Å². The second-order valence-corrected chi connectivity index (χ2v) is 6.05. The first-order valence-electron chi connectivity index (χ1n) is 7.59. The highest BCUT2D eigenvalue weighted by Gasteiger charge is 2.13. The predicted molar refractivity (Wildman–Crippen MR) is 86.4 cm³/mol. The molecule has 1 unspecified atom stereocenters. The molecule has 3 rings (SSSR count). The fourth-order valence-electron chi connectivity index (χ4n) is 3.03. The number of nitrogens with one attached hydrogen (secondary N) is 1. The van der Waals surface area contributed by atoms with Crippen molar-refractivity contribution in [3.8, 4) is 0 Å². The molecule has 0 aliphatic heterocycles. The molecule has 0 saturated heterocycles. The zero-order valence-corrected chi connectivity index (χ0v) is 12.7. The van der Waals surface area contributed by atoms with Gasteiger partial charge in [-0.2, -0.15) is 0 Å². The van der Waals surface area contributed by atoms with Crippen LogP contribution < -0.4 is 5.32 Å². The van der Waals surface area contributed by atoms with Crippen LogP contribution in [0.4, 0.5) is 5.69 Å². The third kappa shape index (κ3) is 2.58. The summed E-state index contributed by atoms with van der Waals surface area (Å²) in [6.45, 7) is 6.56. The van der Waals surface area contributed by atoms with Gasteiger partial charge in [-0.25, -0.2) is 0 Å². The number of hydrogen-bond acceptors (Lipinski definition) is 1. The van der Waals surface area contributed by atoms with Crippen LogP contribution in [-0.4, -0.2) is 0 Å². The Balaban J connectivity index is 1.78. The molecule has 1 aliphatic rings. The van der Waals surface area contributed by atoms with E-state index >= 15 is 0 Å². The molecule has 20 heavy (non-hydrogen) atoms. The lowest BCUT2D eigenvalue weighted by Gasteiger charge is -2.17. The van der Waals surface area contributed by atoms with Crippen LogP contribution in [0, 0.1) is 13.8 Å². The van der Waals surface area contributed by atoms with Gasteiger partial charge in [-0.05, 0) is 80.0 Å². The van der Waals surface area contributed by atoms with Crippen LogP contribution in [-0.2, 0) is 12.8 Å². The standard InChI is InChI=1S/C19H23N/c1-13-7-10-19(11-14(13)2)20-15(3)17-9-8-16-5-4-6-18(16)12-17/h7-12,15,20H,4-6H2,1-3H3. The SMILES string of the molecule is Cc1ccc(NC(C)c2ccc3c(c2)CCC3)cc1C. The topological polar surface area (TPSA) is 12.0 Å². The highest BCUT2D eigenvalue weighted by molar-refractivity contribution is 5.50. The number of anilines is 1. The summed E-state index contributed by atoms with van der Waals surface area (Å²) in [5.74, 6) is 0. The Labute approximate surface area is 122 Å². The minimum atomic E-state index is 0.350. The summed E-state index contributed by atoms with van der Waals surface area (Å²) in [7, 11) is 0. The van der Waals surface area contributed by atoms with Crippen molar-refractivity contribution >= 4 is 5.69 Å². The van der Waals surface area contributed by atoms with E-state index in [-0.39, 0.29) is 0 Å². The predicted octanol–water partition coefficient (Wildman–Crippen LogP) is 4.97. The summed E-state index contributed by atoms with van der Waals surface area (Å²) < 4.78 is 0. The van der Waals surface area contributed by atoms with Gasteiger partial charge >= 0.3 is 0 Å². The third-order valence-corrected chi connectivity index (χ3v) is 4.51. The lowest BCUT2D eigenvalue weighted by molar-refractivity contribution is 0.879. The van der Waals surface area contributed by atoms with Crippen LogP contribution in [0.1, 0.15) is 47.2 Å². The van der Waals surface area contributed by atoms with Crippen LogP contribution in [0.3, 0.4) is 0 Å². The maximum atomic E-state index is 3.62. The maximum absolute atomic E-state index is 3.62. The molecule has 0 amide bonds. The Hall–Kier alpha value is -1.76. The normalized spacial score (nSPS) is 14.9. The number of rotatable bonds is 3. The molecule has 2 aromatic rings. The van der Waals surface area contributed by atoms with Gasteiger partial charge in [0.25, 0.3) is 0 Å². The van der Waals surface area contributed by atoms with Gasteiger partial charge in [-0.1, -0.05) is 24.3 Å². The first kappa shape index (κ1) is 13.2.